The van der Waals surface area contributed by atoms with Crippen molar-refractivity contribution in [2.75, 3.05) is 16.8 Å². The second kappa shape index (κ2) is 6.29. The van der Waals surface area contributed by atoms with Crippen molar-refractivity contribution in [2.24, 2.45) is 0 Å². The minimum absolute atomic E-state index is 0.266. The molecular weight excluding hydrogens is 308 g/mol. The third-order valence-electron chi connectivity index (χ3n) is 3.86. The molecule has 0 radical (unpaired) electrons. The fourth-order valence-electron chi connectivity index (χ4n) is 2.83. The monoisotopic (exact) mass is 324 g/mol. The Morgan fingerprint density at radius 1 is 1.17 bits per heavy atom. The average molecular weight is 324 g/mol. The van der Waals surface area contributed by atoms with Crippen LogP contribution in [-0.2, 0) is 0 Å². The summed E-state index contributed by atoms with van der Waals surface area (Å²) < 4.78 is 0. The first-order valence-corrected chi connectivity index (χ1v) is 8.44. The third kappa shape index (κ3) is 3.00. The molecule has 7 heteroatoms. The van der Waals surface area contributed by atoms with Crippen molar-refractivity contribution < 1.29 is 0 Å². The van der Waals surface area contributed by atoms with E-state index < -0.39 is 0 Å². The lowest BCUT2D eigenvalue weighted by Crippen LogP contribution is -2.23. The van der Waals surface area contributed by atoms with Crippen molar-refractivity contribution in [3.05, 3.63) is 54.1 Å². The van der Waals surface area contributed by atoms with E-state index >= 15 is 0 Å². The maximum absolute atomic E-state index is 4.74. The molecular formula is C16H16N6S. The van der Waals surface area contributed by atoms with Crippen LogP contribution in [0.2, 0.25) is 0 Å². The molecule has 3 aromatic heterocycles. The summed E-state index contributed by atoms with van der Waals surface area (Å²) >= 11 is 1.60. The standard InChI is InChI=1S/C16H16N6S/c1-2-6-18-14(5-1)21-16-20-12(11-23-16)13-4-3-9-22(13)15-10-17-7-8-19-15/h1-2,5-8,10-11,13H,3-4,9H2,(H,18,20,21)/t13-/m1/s1. The van der Waals surface area contributed by atoms with E-state index in [0.29, 0.717) is 0 Å². The number of thiazole rings is 1. The molecule has 1 aliphatic heterocycles. The highest BCUT2D eigenvalue weighted by Crippen LogP contribution is 2.36. The van der Waals surface area contributed by atoms with Gasteiger partial charge >= 0.3 is 0 Å². The molecule has 0 unspecified atom stereocenters. The summed E-state index contributed by atoms with van der Waals surface area (Å²) in [5, 5.41) is 6.23. The van der Waals surface area contributed by atoms with Gasteiger partial charge < -0.3 is 10.2 Å². The molecule has 116 valence electrons. The molecule has 4 heterocycles. The van der Waals surface area contributed by atoms with Crippen molar-refractivity contribution in [2.45, 2.75) is 18.9 Å². The molecule has 0 bridgehead atoms. The summed E-state index contributed by atoms with van der Waals surface area (Å²) in [5.41, 5.74) is 1.08. The van der Waals surface area contributed by atoms with Gasteiger partial charge in [0.2, 0.25) is 0 Å². The highest BCUT2D eigenvalue weighted by atomic mass is 32.1. The van der Waals surface area contributed by atoms with Crippen molar-refractivity contribution in [3.63, 3.8) is 0 Å². The zero-order valence-corrected chi connectivity index (χ0v) is 13.3. The Hall–Kier alpha value is -2.54. The van der Waals surface area contributed by atoms with E-state index in [1.165, 1.54) is 0 Å². The van der Waals surface area contributed by atoms with Gasteiger partial charge in [-0.2, -0.15) is 0 Å². The molecule has 23 heavy (non-hydrogen) atoms. The largest absolute Gasteiger partial charge is 0.347 e. The van der Waals surface area contributed by atoms with Crippen LogP contribution >= 0.6 is 11.3 Å². The lowest BCUT2D eigenvalue weighted by atomic mass is 10.2. The lowest BCUT2D eigenvalue weighted by Gasteiger charge is -2.23. The minimum atomic E-state index is 0.266. The van der Waals surface area contributed by atoms with Gasteiger partial charge in [-0.25, -0.2) is 15.0 Å². The van der Waals surface area contributed by atoms with Crippen LogP contribution in [0.1, 0.15) is 24.6 Å². The molecule has 1 saturated heterocycles. The number of hydrogen-bond donors (Lipinski definition) is 1. The summed E-state index contributed by atoms with van der Waals surface area (Å²) in [5.74, 6) is 1.73. The van der Waals surface area contributed by atoms with Crippen LogP contribution in [-0.4, -0.2) is 26.5 Å². The molecule has 0 aliphatic carbocycles. The molecule has 0 spiro atoms. The Morgan fingerprint density at radius 3 is 3.00 bits per heavy atom. The normalized spacial score (nSPS) is 17.4. The maximum atomic E-state index is 4.74. The van der Waals surface area contributed by atoms with Gasteiger partial charge in [-0.15, -0.1) is 11.3 Å². The van der Waals surface area contributed by atoms with E-state index in [4.69, 9.17) is 4.98 Å². The summed E-state index contributed by atoms with van der Waals surface area (Å²) in [6.07, 6.45) is 9.25. The fraction of sp³-hybridized carbons (Fsp3) is 0.250. The van der Waals surface area contributed by atoms with Gasteiger partial charge in [0, 0.05) is 30.5 Å². The molecule has 1 N–H and O–H groups in total. The molecule has 0 aromatic carbocycles. The highest BCUT2D eigenvalue weighted by Gasteiger charge is 2.29. The number of pyridine rings is 1. The molecule has 4 rings (SSSR count). The summed E-state index contributed by atoms with van der Waals surface area (Å²) in [4.78, 5) is 19.9. The highest BCUT2D eigenvalue weighted by molar-refractivity contribution is 7.13. The maximum Gasteiger partial charge on any atom is 0.188 e. The van der Waals surface area contributed by atoms with Gasteiger partial charge in [0.15, 0.2) is 5.13 Å². The van der Waals surface area contributed by atoms with Crippen LogP contribution < -0.4 is 10.2 Å². The van der Waals surface area contributed by atoms with E-state index in [0.717, 1.165) is 41.8 Å². The molecule has 6 nitrogen and oxygen atoms in total. The van der Waals surface area contributed by atoms with Gasteiger partial charge in [0.1, 0.15) is 11.6 Å². The Labute approximate surface area is 138 Å². The first kappa shape index (κ1) is 14.1. The summed E-state index contributed by atoms with van der Waals surface area (Å²) in [7, 11) is 0. The first-order valence-electron chi connectivity index (χ1n) is 7.56. The van der Waals surface area contributed by atoms with Gasteiger partial charge in [-0.1, -0.05) is 6.07 Å². The second-order valence-electron chi connectivity index (χ2n) is 5.33. The molecule has 0 amide bonds. The summed E-state index contributed by atoms with van der Waals surface area (Å²) in [6, 6.07) is 6.05. The van der Waals surface area contributed by atoms with Crippen LogP contribution in [0.4, 0.5) is 16.8 Å². The Kier molecular flexibility index (Phi) is 3.85. The zero-order chi connectivity index (χ0) is 15.5. The first-order chi connectivity index (χ1) is 11.4. The Morgan fingerprint density at radius 2 is 2.17 bits per heavy atom. The Balaban J connectivity index is 1.54. The smallest absolute Gasteiger partial charge is 0.188 e. The van der Waals surface area contributed by atoms with Gasteiger partial charge in [-0.3, -0.25) is 4.98 Å². The van der Waals surface area contributed by atoms with Crippen LogP contribution in [0.15, 0.2) is 48.4 Å². The van der Waals surface area contributed by atoms with Crippen molar-refractivity contribution in [1.82, 2.24) is 19.9 Å². The van der Waals surface area contributed by atoms with Gasteiger partial charge in [0.25, 0.3) is 0 Å². The molecule has 1 aliphatic rings. The van der Waals surface area contributed by atoms with Crippen molar-refractivity contribution >= 4 is 28.1 Å². The molecule has 3 aromatic rings. The molecule has 0 saturated carbocycles. The van der Waals surface area contributed by atoms with E-state index in [-0.39, 0.29) is 6.04 Å². The average Bonchev–Trinajstić information content (AvgIpc) is 3.25. The zero-order valence-electron chi connectivity index (χ0n) is 12.5. The number of anilines is 3. The van der Waals surface area contributed by atoms with E-state index in [2.05, 4.69) is 30.5 Å². The van der Waals surface area contributed by atoms with Crippen LogP contribution in [0.3, 0.4) is 0 Å². The van der Waals surface area contributed by atoms with Gasteiger partial charge in [-0.05, 0) is 25.0 Å². The number of nitrogens with zero attached hydrogens (tertiary/aromatic N) is 5. The molecule has 1 atom stereocenters. The number of aromatic nitrogens is 4. The quantitative estimate of drug-likeness (QED) is 0.793. The van der Waals surface area contributed by atoms with Crippen molar-refractivity contribution in [3.8, 4) is 0 Å². The van der Waals surface area contributed by atoms with E-state index in [1.54, 1.807) is 29.9 Å². The number of rotatable bonds is 4. The van der Waals surface area contributed by atoms with E-state index in [9.17, 15) is 0 Å². The number of nitrogens with one attached hydrogen (secondary N) is 1. The second-order valence-corrected chi connectivity index (χ2v) is 6.19. The lowest BCUT2D eigenvalue weighted by molar-refractivity contribution is 0.692. The predicted octanol–water partition coefficient (Wildman–Crippen LogP) is 3.41. The van der Waals surface area contributed by atoms with Crippen LogP contribution in [0, 0.1) is 0 Å². The topological polar surface area (TPSA) is 66.8 Å². The van der Waals surface area contributed by atoms with Crippen LogP contribution in [0.25, 0.3) is 0 Å². The van der Waals surface area contributed by atoms with E-state index in [1.807, 2.05) is 24.4 Å². The van der Waals surface area contributed by atoms with Crippen LogP contribution in [0.5, 0.6) is 0 Å². The SMILES string of the molecule is c1ccc(Nc2nc([C@H]3CCCN3c3cnccn3)cs2)nc1. The van der Waals surface area contributed by atoms with Gasteiger partial charge in [0.05, 0.1) is 17.9 Å². The number of hydrogen-bond acceptors (Lipinski definition) is 7. The Bertz CT molecular complexity index is 761. The fourth-order valence-corrected chi connectivity index (χ4v) is 3.59. The minimum Gasteiger partial charge on any atom is -0.347 e. The predicted molar refractivity (Wildman–Crippen MR) is 91.0 cm³/mol. The molecule has 1 fully saturated rings. The summed E-state index contributed by atoms with van der Waals surface area (Å²) in [6.45, 7) is 0.990. The van der Waals surface area contributed by atoms with Crippen molar-refractivity contribution in [1.29, 1.82) is 0 Å². The third-order valence-corrected chi connectivity index (χ3v) is 4.64.